The van der Waals surface area contributed by atoms with Crippen molar-refractivity contribution in [1.29, 1.82) is 5.26 Å². The standard InChI is InChI=1S/C10H7F3N2O2S/c11-10(12,13)18-7-2-5(3-14)1-6(4-15)8(7)9(16)17/h1-2H,4,15H2,(H,16,17). The van der Waals surface area contributed by atoms with Crippen molar-refractivity contribution in [2.24, 2.45) is 5.73 Å². The summed E-state index contributed by atoms with van der Waals surface area (Å²) in [6.07, 6.45) is 0. The summed E-state index contributed by atoms with van der Waals surface area (Å²) in [5.74, 6) is -1.51. The van der Waals surface area contributed by atoms with Gasteiger partial charge in [0, 0.05) is 11.4 Å². The second-order valence-corrected chi connectivity index (χ2v) is 4.28. The van der Waals surface area contributed by atoms with Crippen LogP contribution < -0.4 is 5.73 Å². The van der Waals surface area contributed by atoms with E-state index in [9.17, 15) is 18.0 Å². The number of halogens is 3. The van der Waals surface area contributed by atoms with Crippen LogP contribution in [-0.4, -0.2) is 16.6 Å². The molecular formula is C10H7F3N2O2S. The Kier molecular flexibility index (Phi) is 4.21. The highest BCUT2D eigenvalue weighted by molar-refractivity contribution is 8.00. The average molecular weight is 276 g/mol. The summed E-state index contributed by atoms with van der Waals surface area (Å²) in [7, 11) is 0. The van der Waals surface area contributed by atoms with Crippen LogP contribution in [0.25, 0.3) is 0 Å². The molecular weight excluding hydrogens is 269 g/mol. The topological polar surface area (TPSA) is 87.1 Å². The minimum Gasteiger partial charge on any atom is -0.478 e. The number of benzene rings is 1. The molecule has 0 spiro atoms. The Hall–Kier alpha value is -1.72. The molecule has 0 aliphatic rings. The first kappa shape index (κ1) is 14.3. The normalized spacial score (nSPS) is 11.1. The molecule has 0 unspecified atom stereocenters. The van der Waals surface area contributed by atoms with Crippen molar-refractivity contribution in [3.8, 4) is 6.07 Å². The third-order valence-corrected chi connectivity index (χ3v) is 2.75. The monoisotopic (exact) mass is 276 g/mol. The number of thioether (sulfide) groups is 1. The van der Waals surface area contributed by atoms with Crippen LogP contribution in [0.1, 0.15) is 21.5 Å². The first-order valence-electron chi connectivity index (χ1n) is 4.54. The summed E-state index contributed by atoms with van der Waals surface area (Å²) in [5.41, 5.74) is 0.0627. The van der Waals surface area contributed by atoms with Gasteiger partial charge in [0.2, 0.25) is 0 Å². The quantitative estimate of drug-likeness (QED) is 0.827. The SMILES string of the molecule is N#Cc1cc(CN)c(C(=O)O)c(SC(F)(F)F)c1. The number of carboxylic acid groups (broad SMARTS) is 1. The lowest BCUT2D eigenvalue weighted by Gasteiger charge is -2.12. The summed E-state index contributed by atoms with van der Waals surface area (Å²) in [4.78, 5) is 10.4. The molecule has 1 rings (SSSR count). The lowest BCUT2D eigenvalue weighted by Crippen LogP contribution is -2.11. The van der Waals surface area contributed by atoms with E-state index in [2.05, 4.69) is 0 Å². The van der Waals surface area contributed by atoms with Crippen LogP contribution in [0.15, 0.2) is 17.0 Å². The smallest absolute Gasteiger partial charge is 0.446 e. The maximum Gasteiger partial charge on any atom is 0.446 e. The Balaban J connectivity index is 3.45. The molecule has 0 amide bonds. The number of carboxylic acids is 1. The van der Waals surface area contributed by atoms with E-state index in [1.165, 1.54) is 6.07 Å². The number of nitriles is 1. The number of hydrogen-bond acceptors (Lipinski definition) is 4. The lowest BCUT2D eigenvalue weighted by atomic mass is 10.0. The molecule has 0 aromatic heterocycles. The van der Waals surface area contributed by atoms with Crippen molar-refractivity contribution in [2.75, 3.05) is 0 Å². The molecule has 0 aliphatic heterocycles. The van der Waals surface area contributed by atoms with E-state index in [0.717, 1.165) is 6.07 Å². The average Bonchev–Trinajstić information content (AvgIpc) is 2.25. The first-order chi connectivity index (χ1) is 8.28. The third-order valence-electron chi connectivity index (χ3n) is 1.97. The molecule has 0 saturated carbocycles. The zero-order chi connectivity index (χ0) is 13.9. The van der Waals surface area contributed by atoms with Gasteiger partial charge in [-0.15, -0.1) is 0 Å². The fourth-order valence-corrected chi connectivity index (χ4v) is 2.10. The van der Waals surface area contributed by atoms with E-state index in [1.807, 2.05) is 0 Å². The summed E-state index contributed by atoms with van der Waals surface area (Å²) in [6, 6.07) is 3.72. The van der Waals surface area contributed by atoms with Crippen LogP contribution in [0.5, 0.6) is 0 Å². The Morgan fingerprint density at radius 3 is 2.50 bits per heavy atom. The van der Waals surface area contributed by atoms with Crippen molar-refractivity contribution in [2.45, 2.75) is 16.9 Å². The maximum absolute atomic E-state index is 12.3. The molecule has 0 bridgehead atoms. The number of carbonyl (C=O) groups is 1. The fraction of sp³-hybridized carbons (Fsp3) is 0.200. The van der Waals surface area contributed by atoms with Crippen LogP contribution in [-0.2, 0) is 6.54 Å². The molecule has 96 valence electrons. The van der Waals surface area contributed by atoms with Gasteiger partial charge < -0.3 is 10.8 Å². The molecule has 0 radical (unpaired) electrons. The van der Waals surface area contributed by atoms with Gasteiger partial charge in [-0.05, 0) is 29.5 Å². The predicted molar refractivity (Wildman–Crippen MR) is 57.9 cm³/mol. The van der Waals surface area contributed by atoms with Gasteiger partial charge in [0.15, 0.2) is 0 Å². The van der Waals surface area contributed by atoms with Crippen molar-refractivity contribution in [3.05, 3.63) is 28.8 Å². The number of alkyl halides is 3. The van der Waals surface area contributed by atoms with Gasteiger partial charge in [0.25, 0.3) is 0 Å². The minimum absolute atomic E-state index is 0.00620. The zero-order valence-electron chi connectivity index (χ0n) is 8.78. The molecule has 0 fully saturated rings. The number of nitrogens with zero attached hydrogens (tertiary/aromatic N) is 1. The molecule has 18 heavy (non-hydrogen) atoms. The van der Waals surface area contributed by atoms with Crippen LogP contribution in [0, 0.1) is 11.3 Å². The number of hydrogen-bond donors (Lipinski definition) is 2. The van der Waals surface area contributed by atoms with Gasteiger partial charge in [-0.1, -0.05) is 0 Å². The van der Waals surface area contributed by atoms with Gasteiger partial charge in [-0.3, -0.25) is 0 Å². The van der Waals surface area contributed by atoms with Gasteiger partial charge >= 0.3 is 11.5 Å². The predicted octanol–water partition coefficient (Wildman–Crippen LogP) is 2.33. The highest BCUT2D eigenvalue weighted by Gasteiger charge is 2.32. The molecule has 1 aromatic carbocycles. The van der Waals surface area contributed by atoms with E-state index >= 15 is 0 Å². The maximum atomic E-state index is 12.3. The Labute approximate surface area is 104 Å². The lowest BCUT2D eigenvalue weighted by molar-refractivity contribution is -0.0328. The summed E-state index contributed by atoms with van der Waals surface area (Å²) < 4.78 is 36.9. The second-order valence-electron chi connectivity index (χ2n) is 3.18. The molecule has 4 nitrogen and oxygen atoms in total. The van der Waals surface area contributed by atoms with Crippen molar-refractivity contribution in [3.63, 3.8) is 0 Å². The summed E-state index contributed by atoms with van der Waals surface area (Å²) in [6.45, 7) is -0.261. The molecule has 0 heterocycles. The molecule has 3 N–H and O–H groups in total. The Morgan fingerprint density at radius 2 is 2.11 bits per heavy atom. The van der Waals surface area contributed by atoms with E-state index in [0.29, 0.717) is 0 Å². The largest absolute Gasteiger partial charge is 0.478 e. The first-order valence-corrected chi connectivity index (χ1v) is 5.36. The molecule has 0 saturated heterocycles. The molecule has 0 aliphatic carbocycles. The molecule has 8 heteroatoms. The van der Waals surface area contributed by atoms with Crippen molar-refractivity contribution < 1.29 is 23.1 Å². The van der Waals surface area contributed by atoms with Gasteiger partial charge in [0.05, 0.1) is 17.2 Å². The van der Waals surface area contributed by atoms with Crippen molar-refractivity contribution in [1.82, 2.24) is 0 Å². The number of nitrogens with two attached hydrogens (primary N) is 1. The Bertz CT molecular complexity index is 523. The van der Waals surface area contributed by atoms with Crippen LogP contribution in [0.3, 0.4) is 0 Å². The Morgan fingerprint density at radius 1 is 1.50 bits per heavy atom. The zero-order valence-corrected chi connectivity index (χ0v) is 9.60. The second kappa shape index (κ2) is 5.29. The van der Waals surface area contributed by atoms with Gasteiger partial charge in [0.1, 0.15) is 0 Å². The number of rotatable bonds is 3. The van der Waals surface area contributed by atoms with Crippen LogP contribution in [0.2, 0.25) is 0 Å². The number of aromatic carboxylic acids is 1. The van der Waals surface area contributed by atoms with Crippen LogP contribution in [0.4, 0.5) is 13.2 Å². The highest BCUT2D eigenvalue weighted by atomic mass is 32.2. The third kappa shape index (κ3) is 3.38. The van der Waals surface area contributed by atoms with E-state index in [4.69, 9.17) is 16.1 Å². The highest BCUT2D eigenvalue weighted by Crippen LogP contribution is 2.39. The molecule has 0 atom stereocenters. The van der Waals surface area contributed by atoms with E-state index < -0.39 is 33.7 Å². The summed E-state index contributed by atoms with van der Waals surface area (Å²) in [5, 5.41) is 17.6. The van der Waals surface area contributed by atoms with E-state index in [1.54, 1.807) is 6.07 Å². The van der Waals surface area contributed by atoms with E-state index in [-0.39, 0.29) is 17.7 Å². The van der Waals surface area contributed by atoms with Gasteiger partial charge in [-0.25, -0.2) is 4.79 Å². The fourth-order valence-electron chi connectivity index (χ4n) is 1.35. The minimum atomic E-state index is -4.63. The van der Waals surface area contributed by atoms with Crippen molar-refractivity contribution >= 4 is 17.7 Å². The summed E-state index contributed by atoms with van der Waals surface area (Å²) >= 11 is -0.573. The van der Waals surface area contributed by atoms with Crippen LogP contribution >= 0.6 is 11.8 Å². The molecule has 1 aromatic rings. The van der Waals surface area contributed by atoms with Gasteiger partial charge in [-0.2, -0.15) is 18.4 Å².